The van der Waals surface area contributed by atoms with Crippen LogP contribution in [0.5, 0.6) is 0 Å². The van der Waals surface area contributed by atoms with Crippen LogP contribution in [0, 0.1) is 5.41 Å². The van der Waals surface area contributed by atoms with E-state index in [-0.39, 0.29) is 24.0 Å². The predicted octanol–water partition coefficient (Wildman–Crippen LogP) is 1.29. The van der Waals surface area contributed by atoms with Gasteiger partial charge in [-0.25, -0.2) is 0 Å². The highest BCUT2D eigenvalue weighted by atomic mass is 16.5. The van der Waals surface area contributed by atoms with Crippen LogP contribution >= 0.6 is 0 Å². The number of benzene rings is 1. The zero-order chi connectivity index (χ0) is 21.8. The maximum atomic E-state index is 13.1. The first kappa shape index (κ1) is 22.2. The smallest absolute Gasteiger partial charge is 0.248 e. The summed E-state index contributed by atoms with van der Waals surface area (Å²) in [6.45, 7) is 6.64. The number of amides is 2. The highest BCUT2D eigenvalue weighted by Gasteiger charge is 2.48. The average Bonchev–Trinajstić information content (AvgIpc) is 3.10. The minimum Gasteiger partial charge on any atom is -0.367 e. The molecule has 0 aliphatic carbocycles. The van der Waals surface area contributed by atoms with Gasteiger partial charge in [-0.1, -0.05) is 30.3 Å². The van der Waals surface area contributed by atoms with Gasteiger partial charge in [-0.3, -0.25) is 14.5 Å². The summed E-state index contributed by atoms with van der Waals surface area (Å²) in [4.78, 5) is 34.2. The van der Waals surface area contributed by atoms with Crippen molar-refractivity contribution in [2.45, 2.75) is 31.9 Å². The molecule has 2 amide bonds. The van der Waals surface area contributed by atoms with Crippen LogP contribution in [0.15, 0.2) is 30.3 Å². The van der Waals surface area contributed by atoms with Gasteiger partial charge < -0.3 is 19.4 Å². The minimum absolute atomic E-state index is 0.0140. The third kappa shape index (κ3) is 5.27. The average molecular weight is 429 g/mol. The van der Waals surface area contributed by atoms with Crippen molar-refractivity contribution in [3.05, 3.63) is 35.9 Å². The summed E-state index contributed by atoms with van der Waals surface area (Å²) in [6, 6.07) is 9.93. The van der Waals surface area contributed by atoms with E-state index in [1.54, 1.807) is 0 Å². The van der Waals surface area contributed by atoms with Crippen molar-refractivity contribution in [2.24, 2.45) is 5.41 Å². The second kappa shape index (κ2) is 9.67. The van der Waals surface area contributed by atoms with Crippen molar-refractivity contribution in [2.75, 3.05) is 66.5 Å². The van der Waals surface area contributed by atoms with Crippen LogP contribution in [0.1, 0.15) is 24.8 Å². The van der Waals surface area contributed by atoms with Crippen molar-refractivity contribution < 1.29 is 14.3 Å². The topological polar surface area (TPSA) is 56.3 Å². The third-order valence-electron chi connectivity index (χ3n) is 7.36. The number of rotatable bonds is 5. The van der Waals surface area contributed by atoms with Gasteiger partial charge in [-0.15, -0.1) is 0 Å². The Balaban J connectivity index is 1.24. The molecule has 0 radical (unpaired) electrons. The molecule has 0 N–H and O–H groups in total. The Bertz CT molecular complexity index is 755. The first-order valence-corrected chi connectivity index (χ1v) is 11.5. The highest BCUT2D eigenvalue weighted by Crippen LogP contribution is 2.43. The Morgan fingerprint density at radius 3 is 2.32 bits per heavy atom. The van der Waals surface area contributed by atoms with E-state index in [2.05, 4.69) is 23.9 Å². The molecule has 7 heteroatoms. The first-order chi connectivity index (χ1) is 15.0. The second-order valence-corrected chi connectivity index (χ2v) is 9.62. The molecular weight excluding hydrogens is 392 g/mol. The molecule has 3 heterocycles. The van der Waals surface area contributed by atoms with E-state index in [1.165, 1.54) is 0 Å². The largest absolute Gasteiger partial charge is 0.367 e. The molecule has 3 aliphatic rings. The molecule has 3 fully saturated rings. The van der Waals surface area contributed by atoms with Crippen molar-refractivity contribution >= 4 is 11.8 Å². The van der Waals surface area contributed by atoms with Gasteiger partial charge in [-0.05, 0) is 44.3 Å². The normalized spacial score (nSPS) is 24.6. The molecule has 31 heavy (non-hydrogen) atoms. The van der Waals surface area contributed by atoms with Gasteiger partial charge in [0.05, 0.1) is 12.6 Å². The number of hydrogen-bond donors (Lipinski definition) is 0. The number of piperazine rings is 1. The molecular formula is C24H36N4O3. The molecule has 1 unspecified atom stereocenters. The maximum Gasteiger partial charge on any atom is 0.248 e. The zero-order valence-electron chi connectivity index (χ0n) is 19.0. The quantitative estimate of drug-likeness (QED) is 0.708. The molecule has 1 aromatic rings. The van der Waals surface area contributed by atoms with Crippen LogP contribution in [0.25, 0.3) is 0 Å². The Kier molecular flexibility index (Phi) is 6.94. The molecule has 1 atom stereocenters. The second-order valence-electron chi connectivity index (χ2n) is 9.62. The Morgan fingerprint density at radius 1 is 0.968 bits per heavy atom. The van der Waals surface area contributed by atoms with Gasteiger partial charge in [0.2, 0.25) is 11.8 Å². The van der Waals surface area contributed by atoms with Crippen LogP contribution in [0.3, 0.4) is 0 Å². The molecule has 7 nitrogen and oxygen atoms in total. The fraction of sp³-hybridized carbons (Fsp3) is 0.667. The summed E-state index contributed by atoms with van der Waals surface area (Å²) < 4.78 is 5.64. The summed E-state index contributed by atoms with van der Waals surface area (Å²) in [5.41, 5.74) is 1.24. The van der Waals surface area contributed by atoms with E-state index >= 15 is 0 Å². The van der Waals surface area contributed by atoms with E-state index in [1.807, 2.05) is 40.1 Å². The first-order valence-electron chi connectivity index (χ1n) is 11.5. The Labute approximate surface area is 185 Å². The molecule has 0 bridgehead atoms. The lowest BCUT2D eigenvalue weighted by atomic mass is 9.76. The third-order valence-corrected chi connectivity index (χ3v) is 7.36. The fourth-order valence-electron chi connectivity index (χ4n) is 5.30. The van der Waals surface area contributed by atoms with Crippen LogP contribution in [-0.4, -0.2) is 104 Å². The maximum absolute atomic E-state index is 13.1. The summed E-state index contributed by atoms with van der Waals surface area (Å²) in [6.07, 6.45) is 2.85. The number of likely N-dealkylation sites (tertiary alicyclic amines) is 2. The Hall–Kier alpha value is -1.96. The zero-order valence-corrected chi connectivity index (χ0v) is 19.0. The molecule has 3 saturated heterocycles. The van der Waals surface area contributed by atoms with Gasteiger partial charge in [0.1, 0.15) is 6.61 Å². The van der Waals surface area contributed by atoms with E-state index in [0.717, 1.165) is 70.6 Å². The van der Waals surface area contributed by atoms with Crippen LogP contribution in [0.2, 0.25) is 0 Å². The van der Waals surface area contributed by atoms with Gasteiger partial charge in [-0.2, -0.15) is 0 Å². The van der Waals surface area contributed by atoms with E-state index in [9.17, 15) is 9.59 Å². The number of piperidine rings is 1. The molecule has 3 aliphatic heterocycles. The van der Waals surface area contributed by atoms with E-state index in [0.29, 0.717) is 12.5 Å². The molecule has 4 rings (SSSR count). The monoisotopic (exact) mass is 428 g/mol. The van der Waals surface area contributed by atoms with Crippen molar-refractivity contribution in [1.29, 1.82) is 0 Å². The summed E-state index contributed by atoms with van der Waals surface area (Å²) in [7, 11) is 4.20. The van der Waals surface area contributed by atoms with E-state index < -0.39 is 0 Å². The number of carbonyl (C=O) groups excluding carboxylic acids is 2. The summed E-state index contributed by atoms with van der Waals surface area (Å²) >= 11 is 0. The highest BCUT2D eigenvalue weighted by molar-refractivity contribution is 5.82. The lowest BCUT2D eigenvalue weighted by molar-refractivity contribution is -0.139. The number of ether oxygens (including phenoxy) is 1. The minimum atomic E-state index is -0.0140. The lowest BCUT2D eigenvalue weighted by Gasteiger charge is -2.39. The Morgan fingerprint density at radius 2 is 1.65 bits per heavy atom. The SMILES string of the molecule is CN1CCN(C(=O)C2CC3(CCN(C(=O)COCc4ccccc4)CC3)CN2C)CC1. The van der Waals surface area contributed by atoms with E-state index in [4.69, 9.17) is 4.74 Å². The van der Waals surface area contributed by atoms with Gasteiger partial charge in [0, 0.05) is 45.8 Å². The van der Waals surface area contributed by atoms with Crippen LogP contribution < -0.4 is 0 Å². The number of nitrogens with zero attached hydrogens (tertiary/aromatic N) is 4. The fourth-order valence-corrected chi connectivity index (χ4v) is 5.30. The number of likely N-dealkylation sites (N-methyl/N-ethyl adjacent to an activating group) is 2. The van der Waals surface area contributed by atoms with Crippen LogP contribution in [0.4, 0.5) is 0 Å². The number of hydrogen-bond acceptors (Lipinski definition) is 5. The molecule has 170 valence electrons. The molecule has 0 aromatic heterocycles. The standard InChI is InChI=1S/C24H36N4O3/c1-25-12-14-28(15-13-25)23(30)21-16-24(19-26(21)2)8-10-27(11-9-24)22(29)18-31-17-20-6-4-3-5-7-20/h3-7,21H,8-19H2,1-2H3. The molecule has 0 saturated carbocycles. The number of carbonyl (C=O) groups is 2. The predicted molar refractivity (Wildman–Crippen MR) is 119 cm³/mol. The summed E-state index contributed by atoms with van der Waals surface area (Å²) in [5.74, 6) is 0.363. The van der Waals surface area contributed by atoms with Crippen molar-refractivity contribution in [1.82, 2.24) is 19.6 Å². The molecule has 1 aromatic carbocycles. The van der Waals surface area contributed by atoms with Crippen molar-refractivity contribution in [3.63, 3.8) is 0 Å². The summed E-state index contributed by atoms with van der Waals surface area (Å²) in [5, 5.41) is 0. The van der Waals surface area contributed by atoms with Gasteiger partial charge >= 0.3 is 0 Å². The van der Waals surface area contributed by atoms with Crippen LogP contribution in [-0.2, 0) is 20.9 Å². The lowest BCUT2D eigenvalue weighted by Crippen LogP contribution is -2.52. The molecule has 1 spiro atoms. The van der Waals surface area contributed by atoms with Gasteiger partial charge in [0.15, 0.2) is 0 Å². The van der Waals surface area contributed by atoms with Gasteiger partial charge in [0.25, 0.3) is 0 Å². The van der Waals surface area contributed by atoms with Crippen molar-refractivity contribution in [3.8, 4) is 0 Å².